The molecular formula is C22H23N5O4S. The van der Waals surface area contributed by atoms with Gasteiger partial charge in [0.05, 0.1) is 16.8 Å². The van der Waals surface area contributed by atoms with Crippen molar-refractivity contribution in [2.45, 2.75) is 44.2 Å². The quantitative estimate of drug-likeness (QED) is 0.589. The van der Waals surface area contributed by atoms with E-state index in [1.54, 1.807) is 18.2 Å². The Kier molecular flexibility index (Phi) is 5.48. The Hall–Kier alpha value is -3.11. The van der Waals surface area contributed by atoms with Gasteiger partial charge in [-0.25, -0.2) is 4.98 Å². The maximum absolute atomic E-state index is 13.2. The normalized spacial score (nSPS) is 23.3. The molecule has 2 unspecified atom stereocenters. The zero-order valence-electron chi connectivity index (χ0n) is 17.3. The Morgan fingerprint density at radius 2 is 2.03 bits per heavy atom. The first kappa shape index (κ1) is 20.8. The van der Waals surface area contributed by atoms with Gasteiger partial charge in [0.15, 0.2) is 5.13 Å². The second kappa shape index (κ2) is 8.44. The molecule has 1 aromatic heterocycles. The smallest absolute Gasteiger partial charge is 0.262 e. The number of anilines is 1. The first-order chi connectivity index (χ1) is 15.5. The molecule has 2 saturated heterocycles. The number of hydrogen-bond acceptors (Lipinski definition) is 8. The van der Waals surface area contributed by atoms with Crippen LogP contribution in [0.1, 0.15) is 63.6 Å². The third-order valence-electron chi connectivity index (χ3n) is 6.22. The highest BCUT2D eigenvalue weighted by molar-refractivity contribution is 7.13. The number of benzene rings is 1. The molecule has 32 heavy (non-hydrogen) atoms. The van der Waals surface area contributed by atoms with Crippen LogP contribution in [0.5, 0.6) is 0 Å². The molecule has 4 heterocycles. The molecule has 2 aromatic rings. The summed E-state index contributed by atoms with van der Waals surface area (Å²) in [4.78, 5) is 55.5. The Morgan fingerprint density at radius 1 is 1.16 bits per heavy atom. The number of rotatable bonds is 5. The van der Waals surface area contributed by atoms with Crippen molar-refractivity contribution in [2.75, 3.05) is 18.4 Å². The lowest BCUT2D eigenvalue weighted by Gasteiger charge is -2.27. The number of piperidine rings is 2. The summed E-state index contributed by atoms with van der Waals surface area (Å²) in [6.07, 6.45) is 2.50. The minimum absolute atomic E-state index is 0.0983. The number of thiazole rings is 1. The summed E-state index contributed by atoms with van der Waals surface area (Å²) < 4.78 is 0. The number of aromatic nitrogens is 1. The van der Waals surface area contributed by atoms with Crippen molar-refractivity contribution in [3.05, 3.63) is 46.0 Å². The fourth-order valence-electron chi connectivity index (χ4n) is 4.56. The van der Waals surface area contributed by atoms with Gasteiger partial charge in [0, 0.05) is 30.8 Å². The predicted molar refractivity (Wildman–Crippen MR) is 117 cm³/mol. The number of carbonyl (C=O) groups is 4. The van der Waals surface area contributed by atoms with Gasteiger partial charge in [0.2, 0.25) is 11.8 Å². The van der Waals surface area contributed by atoms with Gasteiger partial charge in [-0.1, -0.05) is 12.1 Å². The first-order valence-electron chi connectivity index (χ1n) is 10.8. The molecule has 3 aliphatic rings. The van der Waals surface area contributed by atoms with Gasteiger partial charge in [-0.3, -0.25) is 29.4 Å². The van der Waals surface area contributed by atoms with Crippen molar-refractivity contribution in [1.82, 2.24) is 20.5 Å². The van der Waals surface area contributed by atoms with Crippen LogP contribution in [0.2, 0.25) is 0 Å². The summed E-state index contributed by atoms with van der Waals surface area (Å²) in [6, 6.07) is 4.16. The summed E-state index contributed by atoms with van der Waals surface area (Å²) in [5, 5.41) is 11.7. The number of hydrogen-bond donors (Lipinski definition) is 3. The third-order valence-corrected chi connectivity index (χ3v) is 7.04. The standard InChI is InChI=1S/C22H23N5O4S/c28-17-7-6-16(19(29)26-17)27-20(30)14-5-1-3-13(18(14)21(27)31)10-24-22-25-15(11-32-22)12-4-2-8-23-9-12/h1,3,5,11-12,16,23H,2,4,6-10H2,(H,24,25)(H,26,28,29). The van der Waals surface area contributed by atoms with Crippen LogP contribution in [-0.2, 0) is 16.1 Å². The monoisotopic (exact) mass is 453 g/mol. The van der Waals surface area contributed by atoms with Crippen molar-refractivity contribution in [3.63, 3.8) is 0 Å². The molecule has 1 aromatic carbocycles. The Balaban J connectivity index is 1.33. The number of imide groups is 2. The maximum Gasteiger partial charge on any atom is 0.262 e. The average molecular weight is 454 g/mol. The zero-order valence-corrected chi connectivity index (χ0v) is 18.2. The molecule has 4 amide bonds. The number of nitrogens with one attached hydrogen (secondary N) is 3. The van der Waals surface area contributed by atoms with Crippen LogP contribution in [0.25, 0.3) is 0 Å². The van der Waals surface area contributed by atoms with E-state index in [0.29, 0.717) is 23.6 Å². The molecule has 0 bridgehead atoms. The van der Waals surface area contributed by atoms with E-state index in [0.717, 1.165) is 41.7 Å². The van der Waals surface area contributed by atoms with Gasteiger partial charge < -0.3 is 10.6 Å². The van der Waals surface area contributed by atoms with E-state index in [9.17, 15) is 19.2 Å². The van der Waals surface area contributed by atoms with Crippen LogP contribution in [0, 0.1) is 0 Å². The first-order valence-corrected chi connectivity index (χ1v) is 11.6. The van der Waals surface area contributed by atoms with Crippen molar-refractivity contribution in [3.8, 4) is 0 Å². The average Bonchev–Trinajstić information content (AvgIpc) is 3.37. The van der Waals surface area contributed by atoms with Gasteiger partial charge in [0.25, 0.3) is 11.8 Å². The molecule has 0 saturated carbocycles. The van der Waals surface area contributed by atoms with Crippen LogP contribution in [-0.4, -0.2) is 52.6 Å². The molecular weight excluding hydrogens is 430 g/mol. The minimum atomic E-state index is -0.966. The van der Waals surface area contributed by atoms with Crippen LogP contribution >= 0.6 is 11.3 Å². The van der Waals surface area contributed by atoms with E-state index in [4.69, 9.17) is 4.98 Å². The Morgan fingerprint density at radius 3 is 2.81 bits per heavy atom. The summed E-state index contributed by atoms with van der Waals surface area (Å²) in [7, 11) is 0. The number of fused-ring (bicyclic) bond motifs is 1. The van der Waals surface area contributed by atoms with Gasteiger partial charge in [-0.05, 0) is 37.4 Å². The van der Waals surface area contributed by atoms with Gasteiger partial charge in [-0.2, -0.15) is 0 Å². The largest absolute Gasteiger partial charge is 0.357 e. The molecule has 3 N–H and O–H groups in total. The highest BCUT2D eigenvalue weighted by atomic mass is 32.1. The molecule has 3 aliphatic heterocycles. The van der Waals surface area contributed by atoms with Gasteiger partial charge >= 0.3 is 0 Å². The van der Waals surface area contributed by atoms with Crippen LogP contribution in [0.4, 0.5) is 5.13 Å². The third kappa shape index (κ3) is 3.69. The lowest BCUT2D eigenvalue weighted by Crippen LogP contribution is -2.54. The molecule has 2 fully saturated rings. The van der Waals surface area contributed by atoms with Crippen molar-refractivity contribution in [1.29, 1.82) is 0 Å². The van der Waals surface area contributed by atoms with Crippen molar-refractivity contribution < 1.29 is 19.2 Å². The van der Waals surface area contributed by atoms with Gasteiger partial charge in [0.1, 0.15) is 6.04 Å². The summed E-state index contributed by atoms with van der Waals surface area (Å²) in [5.41, 5.74) is 2.33. The summed E-state index contributed by atoms with van der Waals surface area (Å²) >= 11 is 1.52. The molecule has 0 spiro atoms. The molecule has 0 aliphatic carbocycles. The van der Waals surface area contributed by atoms with Gasteiger partial charge in [-0.15, -0.1) is 11.3 Å². The van der Waals surface area contributed by atoms with E-state index < -0.39 is 23.8 Å². The minimum Gasteiger partial charge on any atom is -0.357 e. The van der Waals surface area contributed by atoms with E-state index >= 15 is 0 Å². The fraction of sp³-hybridized carbons (Fsp3) is 0.409. The Bertz CT molecular complexity index is 1110. The molecule has 5 rings (SSSR count). The molecule has 0 radical (unpaired) electrons. The highest BCUT2D eigenvalue weighted by Gasteiger charge is 2.45. The summed E-state index contributed by atoms with van der Waals surface area (Å²) in [6.45, 7) is 2.32. The van der Waals surface area contributed by atoms with E-state index in [2.05, 4.69) is 21.3 Å². The molecule has 2 atom stereocenters. The highest BCUT2D eigenvalue weighted by Crippen LogP contribution is 2.31. The van der Waals surface area contributed by atoms with Crippen LogP contribution < -0.4 is 16.0 Å². The van der Waals surface area contributed by atoms with Crippen molar-refractivity contribution >= 4 is 40.1 Å². The Labute approximate surface area is 188 Å². The number of nitrogens with zero attached hydrogens (tertiary/aromatic N) is 2. The number of amides is 4. The van der Waals surface area contributed by atoms with E-state index in [-0.39, 0.29) is 24.3 Å². The molecule has 9 nitrogen and oxygen atoms in total. The van der Waals surface area contributed by atoms with Crippen LogP contribution in [0.15, 0.2) is 23.6 Å². The molecule has 166 valence electrons. The number of carbonyl (C=O) groups excluding carboxylic acids is 4. The predicted octanol–water partition coefficient (Wildman–Crippen LogP) is 1.62. The second-order valence-corrected chi connectivity index (χ2v) is 9.12. The zero-order chi connectivity index (χ0) is 22.2. The summed E-state index contributed by atoms with van der Waals surface area (Å²) in [5.74, 6) is -1.58. The second-order valence-electron chi connectivity index (χ2n) is 8.26. The fourth-order valence-corrected chi connectivity index (χ4v) is 5.35. The van der Waals surface area contributed by atoms with Crippen LogP contribution in [0.3, 0.4) is 0 Å². The van der Waals surface area contributed by atoms with E-state index in [1.165, 1.54) is 11.3 Å². The van der Waals surface area contributed by atoms with E-state index in [1.807, 2.05) is 0 Å². The lowest BCUT2D eigenvalue weighted by molar-refractivity contribution is -0.136. The SMILES string of the molecule is O=C1CCC(N2C(=O)c3cccc(CNc4nc(C5CCCNC5)cs4)c3C2=O)C(=O)N1. The molecule has 10 heteroatoms. The lowest BCUT2D eigenvalue weighted by atomic mass is 9.97. The van der Waals surface area contributed by atoms with Crippen molar-refractivity contribution in [2.24, 2.45) is 0 Å². The maximum atomic E-state index is 13.2. The topological polar surface area (TPSA) is 120 Å².